The Morgan fingerprint density at radius 3 is 2.45 bits per heavy atom. The van der Waals surface area contributed by atoms with Crippen molar-refractivity contribution in [3.8, 4) is 11.4 Å². The highest BCUT2D eigenvalue weighted by atomic mass is 79.9. The number of hydrogen-bond acceptors (Lipinski definition) is 2. The number of nitrogens with zero attached hydrogens (tertiary/aromatic N) is 2. The molecule has 1 aromatic heterocycles. The molecule has 0 radical (unpaired) electrons. The largest absolute Gasteiger partial charge is 1.00 e. The number of nitrogens with one attached hydrogen (secondary N) is 1. The van der Waals surface area contributed by atoms with Crippen LogP contribution in [-0.4, -0.2) is 9.91 Å². The first kappa shape index (κ1) is 18.4. The van der Waals surface area contributed by atoms with Crippen molar-refractivity contribution in [2.24, 2.45) is 0 Å². The molecule has 5 nitrogen and oxygen atoms in total. The third kappa shape index (κ3) is 4.94. The van der Waals surface area contributed by atoms with Crippen LogP contribution in [0.5, 0.6) is 0 Å². The van der Waals surface area contributed by atoms with Crippen LogP contribution in [0.15, 0.2) is 36.7 Å². The average Bonchev–Trinajstić information content (AvgIpc) is 2.95. The maximum absolute atomic E-state index is 10.7. The van der Waals surface area contributed by atoms with Crippen LogP contribution in [0.4, 0.5) is 5.69 Å². The number of unbranched alkanes of at least 4 members (excludes halogenated alkanes) is 4. The molecule has 0 spiro atoms. The van der Waals surface area contributed by atoms with E-state index in [9.17, 15) is 10.1 Å². The van der Waals surface area contributed by atoms with E-state index in [0.29, 0.717) is 0 Å². The van der Waals surface area contributed by atoms with Gasteiger partial charge in [0.1, 0.15) is 12.4 Å². The van der Waals surface area contributed by atoms with Crippen LogP contribution in [0.1, 0.15) is 39.0 Å². The van der Waals surface area contributed by atoms with E-state index in [1.165, 1.54) is 25.7 Å². The summed E-state index contributed by atoms with van der Waals surface area (Å²) in [6.45, 7) is 3.19. The number of nitro benzene ring substituents is 1. The third-order valence-electron chi connectivity index (χ3n) is 3.62. The Morgan fingerprint density at radius 1 is 1.14 bits per heavy atom. The Balaban J connectivity index is 0.00000242. The Kier molecular flexibility index (Phi) is 7.80. The van der Waals surface area contributed by atoms with Crippen molar-refractivity contribution in [1.29, 1.82) is 0 Å². The number of rotatable bonds is 8. The maximum atomic E-state index is 10.7. The van der Waals surface area contributed by atoms with E-state index in [2.05, 4.69) is 16.5 Å². The van der Waals surface area contributed by atoms with Gasteiger partial charge < -0.3 is 17.0 Å². The molecule has 0 unspecified atom stereocenters. The van der Waals surface area contributed by atoms with Gasteiger partial charge in [-0.1, -0.05) is 26.2 Å². The van der Waals surface area contributed by atoms with E-state index in [-0.39, 0.29) is 27.6 Å². The topological polar surface area (TPSA) is 62.8 Å². The first-order chi connectivity index (χ1) is 10.2. The zero-order valence-corrected chi connectivity index (χ0v) is 14.4. The van der Waals surface area contributed by atoms with Gasteiger partial charge in [0.15, 0.2) is 0 Å². The Labute approximate surface area is 141 Å². The summed E-state index contributed by atoms with van der Waals surface area (Å²) in [4.78, 5) is 13.5. The molecule has 120 valence electrons. The lowest BCUT2D eigenvalue weighted by Gasteiger charge is -2.02. The van der Waals surface area contributed by atoms with Gasteiger partial charge in [0.25, 0.3) is 11.5 Å². The highest BCUT2D eigenvalue weighted by Gasteiger charge is 2.14. The van der Waals surface area contributed by atoms with Crippen molar-refractivity contribution >= 4 is 5.69 Å². The fraction of sp³-hybridized carbons (Fsp3) is 0.438. The first-order valence-corrected chi connectivity index (χ1v) is 7.54. The van der Waals surface area contributed by atoms with Gasteiger partial charge in [0, 0.05) is 12.1 Å². The predicted octanol–water partition coefficient (Wildman–Crippen LogP) is 0.852. The summed E-state index contributed by atoms with van der Waals surface area (Å²) in [5.74, 6) is 1.00. The van der Waals surface area contributed by atoms with E-state index in [1.54, 1.807) is 24.3 Å². The van der Waals surface area contributed by atoms with Crippen molar-refractivity contribution in [3.63, 3.8) is 0 Å². The molecule has 1 heterocycles. The minimum atomic E-state index is -0.375. The fourth-order valence-corrected chi connectivity index (χ4v) is 2.43. The Hall–Kier alpha value is -1.69. The van der Waals surface area contributed by atoms with Crippen LogP contribution in [0.3, 0.4) is 0 Å². The molecular weight excluding hydrogens is 346 g/mol. The molecular formula is C16H22BrN3O2. The Morgan fingerprint density at radius 2 is 1.82 bits per heavy atom. The lowest BCUT2D eigenvalue weighted by Crippen LogP contribution is -3.00. The molecule has 6 heteroatoms. The zero-order chi connectivity index (χ0) is 15.1. The number of non-ortho nitro benzene ring substituents is 1. The number of benzene rings is 1. The van der Waals surface area contributed by atoms with Crippen LogP contribution in [-0.2, 0) is 6.54 Å². The highest BCUT2D eigenvalue weighted by molar-refractivity contribution is 5.54. The van der Waals surface area contributed by atoms with Gasteiger partial charge in [-0.2, -0.15) is 0 Å². The van der Waals surface area contributed by atoms with Crippen LogP contribution < -0.4 is 21.5 Å². The second-order valence-corrected chi connectivity index (χ2v) is 5.22. The molecule has 1 aromatic carbocycles. The zero-order valence-electron chi connectivity index (χ0n) is 12.8. The lowest BCUT2D eigenvalue weighted by atomic mass is 10.1. The first-order valence-electron chi connectivity index (χ1n) is 7.54. The third-order valence-corrected chi connectivity index (χ3v) is 3.62. The molecule has 2 aromatic rings. The van der Waals surface area contributed by atoms with E-state index in [1.807, 2.05) is 12.4 Å². The van der Waals surface area contributed by atoms with Gasteiger partial charge in [-0.05, 0) is 25.0 Å². The number of imidazole rings is 1. The van der Waals surface area contributed by atoms with E-state index < -0.39 is 0 Å². The van der Waals surface area contributed by atoms with Crippen LogP contribution in [0.2, 0.25) is 0 Å². The maximum Gasteiger partial charge on any atom is 0.286 e. The summed E-state index contributed by atoms with van der Waals surface area (Å²) in [6, 6.07) is 6.67. The lowest BCUT2D eigenvalue weighted by molar-refractivity contribution is -0.685. The summed E-state index contributed by atoms with van der Waals surface area (Å²) >= 11 is 0. The van der Waals surface area contributed by atoms with Crippen LogP contribution >= 0.6 is 0 Å². The van der Waals surface area contributed by atoms with Crippen molar-refractivity contribution in [2.45, 2.75) is 45.6 Å². The summed E-state index contributed by atoms with van der Waals surface area (Å²) in [5, 5.41) is 10.7. The molecule has 0 saturated carbocycles. The highest BCUT2D eigenvalue weighted by Crippen LogP contribution is 2.18. The molecule has 0 amide bonds. The standard InChI is InChI=1S/C16H21N3O2.BrH/c1-2-3-4-5-6-12-18-13-11-17-16(18)14-7-9-15(10-8-14)19(20)21;/h7-11,13H,2-6,12H2,1H3;1H. The number of aryl methyl sites for hydroxylation is 1. The van der Waals surface area contributed by atoms with Crippen molar-refractivity contribution < 1.29 is 26.5 Å². The minimum Gasteiger partial charge on any atom is -1.00 e. The number of nitro groups is 1. The normalized spacial score (nSPS) is 10.2. The van der Waals surface area contributed by atoms with Gasteiger partial charge in [-0.3, -0.25) is 10.1 Å². The summed E-state index contributed by atoms with van der Waals surface area (Å²) in [6.07, 6.45) is 10.2. The molecule has 0 bridgehead atoms. The monoisotopic (exact) mass is 367 g/mol. The smallest absolute Gasteiger partial charge is 0.286 e. The SMILES string of the molecule is CCCCCCC[n+]1cc[nH]c1-c1ccc([N+](=O)[O-])cc1.[Br-]. The van der Waals surface area contributed by atoms with E-state index >= 15 is 0 Å². The molecule has 0 fully saturated rings. The molecule has 0 aliphatic carbocycles. The number of H-pyrrole nitrogens is 1. The number of halogens is 1. The van der Waals surface area contributed by atoms with Crippen molar-refractivity contribution in [2.75, 3.05) is 0 Å². The number of aromatic nitrogens is 2. The van der Waals surface area contributed by atoms with Gasteiger partial charge >= 0.3 is 0 Å². The molecule has 2 rings (SSSR count). The molecule has 0 saturated heterocycles. The summed E-state index contributed by atoms with van der Waals surface area (Å²) in [7, 11) is 0. The van der Waals surface area contributed by atoms with E-state index in [4.69, 9.17) is 0 Å². The van der Waals surface area contributed by atoms with Gasteiger partial charge in [-0.15, -0.1) is 0 Å². The molecule has 0 aliphatic rings. The van der Waals surface area contributed by atoms with Crippen LogP contribution in [0.25, 0.3) is 11.4 Å². The average molecular weight is 368 g/mol. The molecule has 1 N–H and O–H groups in total. The van der Waals surface area contributed by atoms with E-state index in [0.717, 1.165) is 24.4 Å². The quantitative estimate of drug-likeness (QED) is 0.325. The minimum absolute atomic E-state index is 0. The predicted molar refractivity (Wildman–Crippen MR) is 81.8 cm³/mol. The molecule has 0 atom stereocenters. The second-order valence-electron chi connectivity index (χ2n) is 5.22. The number of aromatic amines is 1. The molecule has 0 aliphatic heterocycles. The number of hydrogen-bond donors (Lipinski definition) is 1. The summed E-state index contributed by atoms with van der Waals surface area (Å²) < 4.78 is 2.17. The van der Waals surface area contributed by atoms with Crippen molar-refractivity contribution in [1.82, 2.24) is 4.98 Å². The van der Waals surface area contributed by atoms with Crippen molar-refractivity contribution in [3.05, 3.63) is 46.8 Å². The van der Waals surface area contributed by atoms with Gasteiger partial charge in [0.05, 0.1) is 17.0 Å². The second kappa shape index (κ2) is 9.35. The summed E-state index contributed by atoms with van der Waals surface area (Å²) in [5.41, 5.74) is 1.09. The fourth-order valence-electron chi connectivity index (χ4n) is 2.43. The van der Waals surface area contributed by atoms with Gasteiger partial charge in [0.2, 0.25) is 0 Å². The van der Waals surface area contributed by atoms with Gasteiger partial charge in [-0.25, -0.2) is 9.55 Å². The molecule has 22 heavy (non-hydrogen) atoms. The van der Waals surface area contributed by atoms with Crippen LogP contribution in [0, 0.1) is 10.1 Å². The Bertz CT molecular complexity index is 581.